The minimum Gasteiger partial charge on any atom is -0.462 e. The molecule has 0 aromatic rings. The maximum atomic E-state index is 12.8. The first-order valence-electron chi connectivity index (χ1n) is 27.8. The molecule has 0 spiro atoms. The largest absolute Gasteiger partial charge is 0.462 e. The van der Waals surface area contributed by atoms with Gasteiger partial charge in [-0.15, -0.1) is 0 Å². The van der Waals surface area contributed by atoms with Crippen LogP contribution in [0, 0.1) is 0 Å². The van der Waals surface area contributed by atoms with Gasteiger partial charge < -0.3 is 14.2 Å². The summed E-state index contributed by atoms with van der Waals surface area (Å²) in [5, 5.41) is 0. The molecule has 0 amide bonds. The third kappa shape index (κ3) is 50.7. The van der Waals surface area contributed by atoms with Gasteiger partial charge in [-0.2, -0.15) is 0 Å². The normalized spacial score (nSPS) is 12.1. The molecule has 0 aliphatic heterocycles. The molecule has 0 aromatic heterocycles. The highest BCUT2D eigenvalue weighted by molar-refractivity contribution is 5.71. The molecule has 0 radical (unpaired) electrons. The molecule has 0 bridgehead atoms. The predicted octanol–water partition coefficient (Wildman–Crippen LogP) is 18.3. The molecule has 6 nitrogen and oxygen atoms in total. The molecular formula is C57H106O6. The minimum atomic E-state index is -0.787. The maximum Gasteiger partial charge on any atom is 0.306 e. The van der Waals surface area contributed by atoms with E-state index in [1.807, 2.05) is 6.08 Å². The van der Waals surface area contributed by atoms with E-state index in [1.54, 1.807) is 0 Å². The van der Waals surface area contributed by atoms with Crippen molar-refractivity contribution in [2.45, 2.75) is 309 Å². The van der Waals surface area contributed by atoms with Gasteiger partial charge in [-0.05, 0) is 38.5 Å². The molecule has 0 heterocycles. The summed E-state index contributed by atoms with van der Waals surface area (Å²) in [6.07, 6.45) is 60.4. The van der Waals surface area contributed by atoms with E-state index in [-0.39, 0.29) is 37.5 Å². The quantitative estimate of drug-likeness (QED) is 0.0262. The van der Waals surface area contributed by atoms with Crippen molar-refractivity contribution >= 4 is 17.9 Å². The zero-order chi connectivity index (χ0) is 45.8. The third-order valence-corrected chi connectivity index (χ3v) is 12.5. The molecule has 1 unspecified atom stereocenters. The van der Waals surface area contributed by atoms with Crippen molar-refractivity contribution in [3.05, 3.63) is 24.3 Å². The first-order chi connectivity index (χ1) is 31.0. The van der Waals surface area contributed by atoms with Crippen molar-refractivity contribution in [3.8, 4) is 0 Å². The molecule has 0 fully saturated rings. The van der Waals surface area contributed by atoms with Gasteiger partial charge in [0.1, 0.15) is 13.2 Å². The lowest BCUT2D eigenvalue weighted by Gasteiger charge is -2.18. The van der Waals surface area contributed by atoms with Gasteiger partial charge in [0, 0.05) is 19.3 Å². The number of ether oxygens (including phenoxy) is 3. The number of hydrogen-bond donors (Lipinski definition) is 0. The van der Waals surface area contributed by atoms with Crippen LogP contribution in [0.5, 0.6) is 0 Å². The summed E-state index contributed by atoms with van der Waals surface area (Å²) in [4.78, 5) is 38.0. The van der Waals surface area contributed by atoms with E-state index in [9.17, 15) is 14.4 Å². The molecule has 6 heteroatoms. The highest BCUT2D eigenvalue weighted by Crippen LogP contribution is 2.17. The van der Waals surface area contributed by atoms with Crippen LogP contribution in [0.2, 0.25) is 0 Å². The predicted molar refractivity (Wildman–Crippen MR) is 270 cm³/mol. The number of allylic oxidation sites excluding steroid dienone is 4. The molecule has 0 saturated carbocycles. The van der Waals surface area contributed by atoms with E-state index in [4.69, 9.17) is 14.2 Å². The van der Waals surface area contributed by atoms with E-state index >= 15 is 0 Å². The Balaban J connectivity index is 4.34. The van der Waals surface area contributed by atoms with Crippen LogP contribution in [0.4, 0.5) is 0 Å². The van der Waals surface area contributed by atoms with E-state index in [2.05, 4.69) is 39.0 Å². The van der Waals surface area contributed by atoms with Crippen LogP contribution in [-0.2, 0) is 28.6 Å². The Morgan fingerprint density at radius 2 is 0.603 bits per heavy atom. The number of rotatable bonds is 51. The lowest BCUT2D eigenvalue weighted by molar-refractivity contribution is -0.166. The zero-order valence-electron chi connectivity index (χ0n) is 42.4. The summed E-state index contributed by atoms with van der Waals surface area (Å²) in [6.45, 7) is 6.62. The number of unbranched alkanes of at least 4 members (excludes halogenated alkanes) is 36. The van der Waals surface area contributed by atoms with Gasteiger partial charge in [0.25, 0.3) is 0 Å². The average Bonchev–Trinajstić information content (AvgIpc) is 3.28. The maximum absolute atomic E-state index is 12.8. The smallest absolute Gasteiger partial charge is 0.306 e. The molecule has 1 atom stereocenters. The first kappa shape index (κ1) is 60.9. The molecule has 63 heavy (non-hydrogen) atoms. The second kappa shape index (κ2) is 52.5. The SMILES string of the molecule is CCCCCCCC/C=C\C/C=C\CCC(=O)OCC(COC(=O)CCCCCCCCCCCCCCCCCCCC)OC(=O)CCCCCCCCCCCCCCCC. The minimum absolute atomic E-state index is 0.0827. The van der Waals surface area contributed by atoms with Gasteiger partial charge in [0.15, 0.2) is 6.10 Å². The average molecular weight is 887 g/mol. The standard InChI is InChI=1S/C57H106O6/c1-4-7-10-13-16-19-22-25-27-28-29-30-33-35-38-41-44-47-50-56(59)62-53-54(52-61-55(58)49-46-43-40-37-34-31-24-21-18-15-12-9-6-3)63-57(60)51-48-45-42-39-36-32-26-23-20-17-14-11-8-5-2/h31,34,40,43,54H,4-30,32-33,35-39,41-42,44-53H2,1-3H3/b34-31-,43-40-. The Morgan fingerprint density at radius 1 is 0.317 bits per heavy atom. The van der Waals surface area contributed by atoms with Crippen molar-refractivity contribution in [2.75, 3.05) is 13.2 Å². The van der Waals surface area contributed by atoms with Crippen LogP contribution in [0.15, 0.2) is 24.3 Å². The summed E-state index contributed by atoms with van der Waals surface area (Å²) >= 11 is 0. The lowest BCUT2D eigenvalue weighted by Crippen LogP contribution is -2.30. The first-order valence-corrected chi connectivity index (χ1v) is 27.8. The third-order valence-electron chi connectivity index (χ3n) is 12.5. The zero-order valence-corrected chi connectivity index (χ0v) is 42.4. The van der Waals surface area contributed by atoms with Crippen LogP contribution >= 0.6 is 0 Å². The Kier molecular flexibility index (Phi) is 50.8. The van der Waals surface area contributed by atoms with Crippen LogP contribution in [-0.4, -0.2) is 37.2 Å². The van der Waals surface area contributed by atoms with E-state index < -0.39 is 6.10 Å². The van der Waals surface area contributed by atoms with Crippen molar-refractivity contribution in [2.24, 2.45) is 0 Å². The Labute approximate surface area is 392 Å². The van der Waals surface area contributed by atoms with Gasteiger partial charge >= 0.3 is 17.9 Å². The monoisotopic (exact) mass is 887 g/mol. The number of carbonyl (C=O) groups is 3. The van der Waals surface area contributed by atoms with Gasteiger partial charge in [-0.3, -0.25) is 14.4 Å². The van der Waals surface area contributed by atoms with Gasteiger partial charge in [-0.25, -0.2) is 0 Å². The molecule has 0 aromatic carbocycles. The molecule has 0 N–H and O–H groups in total. The summed E-state index contributed by atoms with van der Waals surface area (Å²) in [5.41, 5.74) is 0. The second-order valence-corrected chi connectivity index (χ2v) is 18.9. The van der Waals surface area contributed by atoms with Gasteiger partial charge in [0.05, 0.1) is 0 Å². The van der Waals surface area contributed by atoms with Crippen molar-refractivity contribution in [3.63, 3.8) is 0 Å². The highest BCUT2D eigenvalue weighted by Gasteiger charge is 2.19. The number of esters is 3. The summed E-state index contributed by atoms with van der Waals surface area (Å²) in [7, 11) is 0. The number of hydrogen-bond acceptors (Lipinski definition) is 6. The van der Waals surface area contributed by atoms with Crippen LogP contribution in [0.25, 0.3) is 0 Å². The second-order valence-electron chi connectivity index (χ2n) is 18.9. The van der Waals surface area contributed by atoms with Gasteiger partial charge in [0.2, 0.25) is 0 Å². The molecule has 370 valence electrons. The molecule has 0 aliphatic carbocycles. The summed E-state index contributed by atoms with van der Waals surface area (Å²) in [5.74, 6) is -0.935. The fourth-order valence-corrected chi connectivity index (χ4v) is 8.26. The Hall–Kier alpha value is -2.11. The van der Waals surface area contributed by atoms with Crippen LogP contribution in [0.1, 0.15) is 303 Å². The molecule has 0 rings (SSSR count). The van der Waals surface area contributed by atoms with Crippen LogP contribution in [0.3, 0.4) is 0 Å². The molecule has 0 aliphatic rings. The number of carbonyl (C=O) groups excluding carboxylic acids is 3. The Morgan fingerprint density at radius 3 is 0.968 bits per heavy atom. The fraction of sp³-hybridized carbons (Fsp3) is 0.877. The van der Waals surface area contributed by atoms with E-state index in [0.717, 1.165) is 51.4 Å². The van der Waals surface area contributed by atoms with Crippen molar-refractivity contribution in [1.82, 2.24) is 0 Å². The van der Waals surface area contributed by atoms with Crippen molar-refractivity contribution < 1.29 is 28.6 Å². The molecular weight excluding hydrogens is 781 g/mol. The lowest BCUT2D eigenvalue weighted by atomic mass is 10.0. The Bertz CT molecular complexity index is 1020. The van der Waals surface area contributed by atoms with Crippen LogP contribution < -0.4 is 0 Å². The summed E-state index contributed by atoms with van der Waals surface area (Å²) < 4.78 is 16.8. The van der Waals surface area contributed by atoms with Gasteiger partial charge in [-0.1, -0.05) is 270 Å². The summed E-state index contributed by atoms with van der Waals surface area (Å²) in [6, 6.07) is 0. The molecule has 0 saturated heterocycles. The van der Waals surface area contributed by atoms with E-state index in [1.165, 1.54) is 205 Å². The van der Waals surface area contributed by atoms with E-state index in [0.29, 0.717) is 19.3 Å². The van der Waals surface area contributed by atoms with Crippen molar-refractivity contribution in [1.29, 1.82) is 0 Å². The highest BCUT2D eigenvalue weighted by atomic mass is 16.6. The topological polar surface area (TPSA) is 78.9 Å². The fourth-order valence-electron chi connectivity index (χ4n) is 8.26.